The molecule has 38 heavy (non-hydrogen) atoms. The molecule has 1 unspecified atom stereocenters. The molecule has 0 aliphatic carbocycles. The number of nitrogen functional groups attached to an aromatic ring is 1. The number of nitrogens with two attached hydrogens (primary N) is 1. The van der Waals surface area contributed by atoms with Crippen molar-refractivity contribution >= 4 is 35.0 Å². The van der Waals surface area contributed by atoms with E-state index in [4.69, 9.17) is 10.5 Å². The van der Waals surface area contributed by atoms with Gasteiger partial charge in [0.1, 0.15) is 6.04 Å². The van der Waals surface area contributed by atoms with Gasteiger partial charge in [0.25, 0.3) is 0 Å². The Morgan fingerprint density at radius 1 is 0.921 bits per heavy atom. The second-order valence-electron chi connectivity index (χ2n) is 8.69. The molecule has 0 radical (unpaired) electrons. The standard InChI is InChI=1S/C28H27F3N4O3/c29-28(30,31)21-10-12-22(13-11-21)33-27(37)26(35-15-17-38-18-16-35)20-8-5-19(6-9-20)7-14-25(36)34-24-4-2-1-3-23(24)32/h1-14,26H,15-18,32H2,(H,33,37)(H,34,36). The number of alkyl halides is 3. The summed E-state index contributed by atoms with van der Waals surface area (Å²) in [6.07, 6.45) is -1.42. The molecule has 198 valence electrons. The lowest BCUT2D eigenvalue weighted by atomic mass is 10.0. The highest BCUT2D eigenvalue weighted by Crippen LogP contribution is 2.30. The van der Waals surface area contributed by atoms with E-state index in [0.717, 1.165) is 17.7 Å². The molecule has 1 aliphatic heterocycles. The first-order chi connectivity index (χ1) is 18.2. The van der Waals surface area contributed by atoms with Gasteiger partial charge in [-0.15, -0.1) is 0 Å². The zero-order valence-electron chi connectivity index (χ0n) is 20.4. The average Bonchev–Trinajstić information content (AvgIpc) is 2.90. The highest BCUT2D eigenvalue weighted by atomic mass is 19.4. The van der Waals surface area contributed by atoms with Gasteiger partial charge in [-0.25, -0.2) is 0 Å². The first-order valence-electron chi connectivity index (χ1n) is 11.9. The van der Waals surface area contributed by atoms with Crippen molar-refractivity contribution in [2.75, 3.05) is 42.7 Å². The second-order valence-corrected chi connectivity index (χ2v) is 8.69. The zero-order chi connectivity index (χ0) is 27.1. The summed E-state index contributed by atoms with van der Waals surface area (Å²) in [6, 6.07) is 17.8. The van der Waals surface area contributed by atoms with Crippen LogP contribution in [-0.2, 0) is 20.5 Å². The molecule has 10 heteroatoms. The minimum absolute atomic E-state index is 0.269. The second kappa shape index (κ2) is 11.9. The van der Waals surface area contributed by atoms with E-state index in [2.05, 4.69) is 10.6 Å². The maximum atomic E-state index is 13.3. The van der Waals surface area contributed by atoms with Crippen molar-refractivity contribution in [1.29, 1.82) is 0 Å². The van der Waals surface area contributed by atoms with E-state index in [1.165, 1.54) is 18.2 Å². The van der Waals surface area contributed by atoms with Crippen LogP contribution in [0.25, 0.3) is 6.08 Å². The van der Waals surface area contributed by atoms with Crippen molar-refractivity contribution in [2.45, 2.75) is 12.2 Å². The minimum Gasteiger partial charge on any atom is -0.397 e. The van der Waals surface area contributed by atoms with Gasteiger partial charge in [-0.3, -0.25) is 14.5 Å². The van der Waals surface area contributed by atoms with Crippen LogP contribution in [0.15, 0.2) is 78.9 Å². The van der Waals surface area contributed by atoms with E-state index in [-0.39, 0.29) is 17.5 Å². The van der Waals surface area contributed by atoms with Crippen LogP contribution in [0, 0.1) is 0 Å². The number of carbonyl (C=O) groups excluding carboxylic acids is 2. The number of ether oxygens (including phenoxy) is 1. The number of rotatable bonds is 7. The van der Waals surface area contributed by atoms with Gasteiger partial charge < -0.3 is 21.1 Å². The van der Waals surface area contributed by atoms with Crippen molar-refractivity contribution in [2.24, 2.45) is 0 Å². The van der Waals surface area contributed by atoms with Gasteiger partial charge in [-0.2, -0.15) is 13.2 Å². The molecular weight excluding hydrogens is 497 g/mol. The lowest BCUT2D eigenvalue weighted by molar-refractivity contribution is -0.137. The summed E-state index contributed by atoms with van der Waals surface area (Å²) < 4.78 is 44.1. The molecule has 1 heterocycles. The fraction of sp³-hybridized carbons (Fsp3) is 0.214. The van der Waals surface area contributed by atoms with Gasteiger partial charge in [0, 0.05) is 24.9 Å². The predicted octanol–water partition coefficient (Wildman–Crippen LogP) is 4.95. The number of hydrogen-bond donors (Lipinski definition) is 3. The smallest absolute Gasteiger partial charge is 0.397 e. The molecule has 2 amide bonds. The number of hydrogen-bond acceptors (Lipinski definition) is 5. The number of carbonyl (C=O) groups is 2. The molecule has 3 aromatic carbocycles. The van der Waals surface area contributed by atoms with Crippen LogP contribution >= 0.6 is 0 Å². The summed E-state index contributed by atoms with van der Waals surface area (Å²) in [5, 5.41) is 5.45. The molecule has 1 fully saturated rings. The Morgan fingerprint density at radius 2 is 1.58 bits per heavy atom. The molecule has 0 aromatic heterocycles. The molecule has 3 aromatic rings. The van der Waals surface area contributed by atoms with Gasteiger partial charge in [0.2, 0.25) is 11.8 Å². The Kier molecular flexibility index (Phi) is 8.45. The highest BCUT2D eigenvalue weighted by molar-refractivity contribution is 6.03. The van der Waals surface area contributed by atoms with Crippen LogP contribution in [0.5, 0.6) is 0 Å². The largest absolute Gasteiger partial charge is 0.416 e. The minimum atomic E-state index is -4.45. The quantitative estimate of drug-likeness (QED) is 0.300. The fourth-order valence-electron chi connectivity index (χ4n) is 4.06. The first-order valence-corrected chi connectivity index (χ1v) is 11.9. The molecule has 0 saturated carbocycles. The van der Waals surface area contributed by atoms with Crippen LogP contribution < -0.4 is 16.4 Å². The van der Waals surface area contributed by atoms with E-state index in [0.29, 0.717) is 43.2 Å². The molecule has 7 nitrogen and oxygen atoms in total. The number of anilines is 3. The molecule has 0 bridgehead atoms. The van der Waals surface area contributed by atoms with E-state index in [1.54, 1.807) is 54.6 Å². The summed E-state index contributed by atoms with van der Waals surface area (Å²) in [5.74, 6) is -0.705. The van der Waals surface area contributed by atoms with Crippen molar-refractivity contribution in [1.82, 2.24) is 4.90 Å². The third kappa shape index (κ3) is 6.99. The number of nitrogens with one attached hydrogen (secondary N) is 2. The number of nitrogens with zero attached hydrogens (tertiary/aromatic N) is 1. The number of halogens is 3. The fourth-order valence-corrected chi connectivity index (χ4v) is 4.06. The molecule has 4 N–H and O–H groups in total. The zero-order valence-corrected chi connectivity index (χ0v) is 20.4. The summed E-state index contributed by atoms with van der Waals surface area (Å²) >= 11 is 0. The summed E-state index contributed by atoms with van der Waals surface area (Å²) in [7, 11) is 0. The number of benzene rings is 3. The molecule has 1 aliphatic rings. The highest BCUT2D eigenvalue weighted by Gasteiger charge is 2.31. The number of para-hydroxylation sites is 2. The molecule has 1 atom stereocenters. The van der Waals surface area contributed by atoms with Gasteiger partial charge in [-0.1, -0.05) is 36.4 Å². The van der Waals surface area contributed by atoms with Crippen LogP contribution in [0.4, 0.5) is 30.2 Å². The topological polar surface area (TPSA) is 96.7 Å². The Labute approximate surface area is 218 Å². The maximum Gasteiger partial charge on any atom is 0.416 e. The number of amides is 2. The van der Waals surface area contributed by atoms with Crippen LogP contribution in [0.2, 0.25) is 0 Å². The Balaban J connectivity index is 1.47. The predicted molar refractivity (Wildman–Crippen MR) is 140 cm³/mol. The van der Waals surface area contributed by atoms with Gasteiger partial charge in [0.05, 0.1) is 30.2 Å². The van der Waals surface area contributed by atoms with Crippen LogP contribution in [0.1, 0.15) is 22.7 Å². The molecule has 4 rings (SSSR count). The van der Waals surface area contributed by atoms with Crippen LogP contribution in [0.3, 0.4) is 0 Å². The Morgan fingerprint density at radius 3 is 2.21 bits per heavy atom. The Hall–Kier alpha value is -4.15. The van der Waals surface area contributed by atoms with Gasteiger partial charge in [-0.05, 0) is 53.6 Å². The van der Waals surface area contributed by atoms with Crippen molar-refractivity contribution in [3.63, 3.8) is 0 Å². The van der Waals surface area contributed by atoms with Crippen LogP contribution in [-0.4, -0.2) is 43.0 Å². The van der Waals surface area contributed by atoms with Crippen molar-refractivity contribution in [3.05, 3.63) is 95.6 Å². The molecule has 1 saturated heterocycles. The monoisotopic (exact) mass is 524 g/mol. The van der Waals surface area contributed by atoms with E-state index < -0.39 is 17.8 Å². The summed E-state index contributed by atoms with van der Waals surface area (Å²) in [5.41, 5.74) is 7.76. The SMILES string of the molecule is Nc1ccccc1NC(=O)C=Cc1ccc(C(C(=O)Nc2ccc(C(F)(F)F)cc2)N2CCOCC2)cc1. The summed E-state index contributed by atoms with van der Waals surface area (Å²) in [6.45, 7) is 1.98. The Bertz CT molecular complexity index is 1290. The third-order valence-corrected chi connectivity index (χ3v) is 6.04. The third-order valence-electron chi connectivity index (χ3n) is 6.04. The number of morpholine rings is 1. The average molecular weight is 525 g/mol. The summed E-state index contributed by atoms with van der Waals surface area (Å²) in [4.78, 5) is 27.5. The van der Waals surface area contributed by atoms with Gasteiger partial charge in [0.15, 0.2) is 0 Å². The lowest BCUT2D eigenvalue weighted by Crippen LogP contribution is -2.43. The lowest BCUT2D eigenvalue weighted by Gasteiger charge is -2.33. The van der Waals surface area contributed by atoms with Crippen molar-refractivity contribution in [3.8, 4) is 0 Å². The van der Waals surface area contributed by atoms with Crippen molar-refractivity contribution < 1.29 is 27.5 Å². The first kappa shape index (κ1) is 26.9. The van der Waals surface area contributed by atoms with E-state index >= 15 is 0 Å². The van der Waals surface area contributed by atoms with Gasteiger partial charge >= 0.3 is 6.18 Å². The maximum absolute atomic E-state index is 13.3. The molecular formula is C28H27F3N4O3. The van der Waals surface area contributed by atoms with E-state index in [9.17, 15) is 22.8 Å². The normalized spacial score (nSPS) is 15.2. The molecule has 0 spiro atoms. The van der Waals surface area contributed by atoms with E-state index in [1.807, 2.05) is 4.90 Å².